The van der Waals surface area contributed by atoms with E-state index in [1.54, 1.807) is 0 Å². The van der Waals surface area contributed by atoms with Crippen molar-refractivity contribution in [3.8, 4) is 5.75 Å². The highest BCUT2D eigenvalue weighted by Gasteiger charge is 2.26. The number of hydrogen-bond acceptors (Lipinski definition) is 3. The van der Waals surface area contributed by atoms with Crippen molar-refractivity contribution in [1.82, 2.24) is 9.80 Å². The molecule has 0 atom stereocenters. The van der Waals surface area contributed by atoms with Gasteiger partial charge in [0.1, 0.15) is 5.75 Å². The van der Waals surface area contributed by atoms with Gasteiger partial charge in [-0.25, -0.2) is 4.79 Å². The van der Waals surface area contributed by atoms with Crippen LogP contribution in [-0.2, 0) is 13.1 Å². The summed E-state index contributed by atoms with van der Waals surface area (Å²) in [6.45, 7) is 4.79. The maximum atomic E-state index is 12.2. The van der Waals surface area contributed by atoms with Crippen LogP contribution in [0.3, 0.4) is 0 Å². The number of rotatable bonds is 5. The number of carbonyl (C=O) groups excluding carboxylic acids is 1. The summed E-state index contributed by atoms with van der Waals surface area (Å²) < 4.78 is 5.45. The van der Waals surface area contributed by atoms with E-state index in [4.69, 9.17) is 4.74 Å². The van der Waals surface area contributed by atoms with E-state index in [-0.39, 0.29) is 18.5 Å². The van der Waals surface area contributed by atoms with Gasteiger partial charge in [-0.3, -0.25) is 4.90 Å². The average molecular weight is 387 g/mol. The zero-order chi connectivity index (χ0) is 17.8. The molecule has 0 spiro atoms. The van der Waals surface area contributed by atoms with E-state index in [0.29, 0.717) is 18.2 Å². The minimum atomic E-state index is -0.204. The van der Waals surface area contributed by atoms with Gasteiger partial charge < -0.3 is 9.64 Å². The number of likely N-dealkylation sites (tertiary alicyclic amines) is 1. The standard InChI is InChI=1S/C22H26N2O2.ClH/c25-22-24(17-20-8-4-5-9-21(20)26-22)15-12-18-10-13-23(14-11-18)16-19-6-2-1-3-7-19;/h1-9,18H,10-17H2;1H. The average Bonchev–Trinajstić information content (AvgIpc) is 2.68. The molecule has 1 amide bonds. The van der Waals surface area contributed by atoms with Crippen molar-refractivity contribution in [2.24, 2.45) is 5.92 Å². The van der Waals surface area contributed by atoms with Crippen LogP contribution in [0.2, 0.25) is 0 Å². The minimum Gasteiger partial charge on any atom is -0.410 e. The minimum absolute atomic E-state index is 0. The molecule has 0 unspecified atom stereocenters. The first-order valence-electron chi connectivity index (χ1n) is 9.59. The zero-order valence-electron chi connectivity index (χ0n) is 15.5. The first-order chi connectivity index (χ1) is 12.8. The van der Waals surface area contributed by atoms with Crippen molar-refractivity contribution in [2.45, 2.75) is 32.4 Å². The van der Waals surface area contributed by atoms with Crippen LogP contribution >= 0.6 is 12.4 Å². The molecule has 1 saturated heterocycles. The van der Waals surface area contributed by atoms with E-state index in [1.165, 1.54) is 18.4 Å². The molecule has 27 heavy (non-hydrogen) atoms. The summed E-state index contributed by atoms with van der Waals surface area (Å²) in [6.07, 6.45) is 3.29. The van der Waals surface area contributed by atoms with Crippen LogP contribution in [-0.4, -0.2) is 35.5 Å². The van der Waals surface area contributed by atoms with Gasteiger partial charge in [0.2, 0.25) is 0 Å². The summed E-state index contributed by atoms with van der Waals surface area (Å²) in [5.41, 5.74) is 2.49. The lowest BCUT2D eigenvalue weighted by Gasteiger charge is -2.34. The van der Waals surface area contributed by atoms with Gasteiger partial charge in [-0.05, 0) is 49.9 Å². The molecule has 1 fully saturated rings. The number of ether oxygens (including phenoxy) is 1. The lowest BCUT2D eigenvalue weighted by atomic mass is 9.93. The van der Waals surface area contributed by atoms with Crippen LogP contribution in [0, 0.1) is 5.92 Å². The number of para-hydroxylation sites is 1. The highest BCUT2D eigenvalue weighted by Crippen LogP contribution is 2.27. The Kier molecular flexibility index (Phi) is 6.75. The summed E-state index contributed by atoms with van der Waals surface area (Å²) in [6, 6.07) is 18.5. The molecule has 0 aliphatic carbocycles. The molecule has 0 radical (unpaired) electrons. The molecule has 2 aliphatic rings. The first kappa shape index (κ1) is 19.7. The Labute approximate surface area is 167 Å². The third kappa shape index (κ3) is 5.02. The van der Waals surface area contributed by atoms with Gasteiger partial charge >= 0.3 is 6.09 Å². The first-order valence-corrected chi connectivity index (χ1v) is 9.59. The van der Waals surface area contributed by atoms with Gasteiger partial charge in [0.15, 0.2) is 0 Å². The van der Waals surface area contributed by atoms with Crippen LogP contribution in [0.25, 0.3) is 0 Å². The topological polar surface area (TPSA) is 32.8 Å². The van der Waals surface area contributed by atoms with Gasteiger partial charge in [0.05, 0.1) is 6.54 Å². The number of piperidine rings is 1. The normalized spacial score (nSPS) is 17.8. The van der Waals surface area contributed by atoms with Crippen LogP contribution in [0.1, 0.15) is 30.4 Å². The number of hydrogen-bond donors (Lipinski definition) is 0. The fourth-order valence-electron chi connectivity index (χ4n) is 3.95. The SMILES string of the molecule is Cl.O=C1Oc2ccccc2CN1CCC1CCN(Cc2ccccc2)CC1. The van der Waals surface area contributed by atoms with Crippen molar-refractivity contribution in [2.75, 3.05) is 19.6 Å². The predicted octanol–water partition coefficient (Wildman–Crippen LogP) is 4.73. The second-order valence-corrected chi connectivity index (χ2v) is 7.39. The molecule has 0 bridgehead atoms. The maximum absolute atomic E-state index is 12.2. The number of carbonyl (C=O) groups is 1. The van der Waals surface area contributed by atoms with Crippen LogP contribution < -0.4 is 4.74 Å². The Bertz CT molecular complexity index is 745. The lowest BCUT2D eigenvalue weighted by Crippen LogP contribution is -2.39. The molecule has 2 aliphatic heterocycles. The van der Waals surface area contributed by atoms with Gasteiger partial charge in [-0.2, -0.15) is 0 Å². The maximum Gasteiger partial charge on any atom is 0.415 e. The third-order valence-corrected chi connectivity index (χ3v) is 5.55. The molecular formula is C22H27ClN2O2. The van der Waals surface area contributed by atoms with E-state index in [9.17, 15) is 4.79 Å². The van der Waals surface area contributed by atoms with Crippen molar-refractivity contribution < 1.29 is 9.53 Å². The fourth-order valence-corrected chi connectivity index (χ4v) is 3.95. The van der Waals surface area contributed by atoms with Crippen LogP contribution in [0.15, 0.2) is 54.6 Å². The molecule has 5 heteroatoms. The summed E-state index contributed by atoms with van der Waals surface area (Å²) in [5.74, 6) is 1.41. The zero-order valence-corrected chi connectivity index (χ0v) is 16.4. The largest absolute Gasteiger partial charge is 0.415 e. The van der Waals surface area contributed by atoms with Crippen LogP contribution in [0.5, 0.6) is 5.75 Å². The predicted molar refractivity (Wildman–Crippen MR) is 109 cm³/mol. The van der Waals surface area contributed by atoms with Crippen molar-refractivity contribution in [3.05, 3.63) is 65.7 Å². The Morgan fingerprint density at radius 2 is 1.67 bits per heavy atom. The highest BCUT2D eigenvalue weighted by atomic mass is 35.5. The molecule has 144 valence electrons. The van der Waals surface area contributed by atoms with E-state index >= 15 is 0 Å². The summed E-state index contributed by atoms with van der Waals surface area (Å²) >= 11 is 0. The summed E-state index contributed by atoms with van der Waals surface area (Å²) in [4.78, 5) is 16.6. The number of halogens is 1. The van der Waals surface area contributed by atoms with E-state index in [1.807, 2.05) is 29.2 Å². The lowest BCUT2D eigenvalue weighted by molar-refractivity contribution is 0.125. The molecule has 2 aromatic rings. The van der Waals surface area contributed by atoms with Crippen molar-refractivity contribution >= 4 is 18.5 Å². The number of amides is 1. The summed E-state index contributed by atoms with van der Waals surface area (Å²) in [7, 11) is 0. The van der Waals surface area contributed by atoms with Crippen molar-refractivity contribution in [3.63, 3.8) is 0 Å². The smallest absolute Gasteiger partial charge is 0.410 e. The van der Waals surface area contributed by atoms with E-state index < -0.39 is 0 Å². The number of fused-ring (bicyclic) bond motifs is 1. The molecule has 4 nitrogen and oxygen atoms in total. The Morgan fingerprint density at radius 1 is 0.963 bits per heavy atom. The molecule has 2 heterocycles. The van der Waals surface area contributed by atoms with E-state index in [0.717, 1.165) is 38.2 Å². The van der Waals surface area contributed by atoms with E-state index in [2.05, 4.69) is 35.2 Å². The Morgan fingerprint density at radius 3 is 2.44 bits per heavy atom. The number of benzene rings is 2. The highest BCUT2D eigenvalue weighted by molar-refractivity contribution is 5.85. The summed E-state index contributed by atoms with van der Waals surface area (Å²) in [5, 5.41) is 0. The Balaban J connectivity index is 0.00000210. The van der Waals surface area contributed by atoms with Gasteiger partial charge in [0, 0.05) is 18.7 Å². The number of nitrogens with zero attached hydrogens (tertiary/aromatic N) is 2. The molecule has 0 saturated carbocycles. The molecule has 0 N–H and O–H groups in total. The monoisotopic (exact) mass is 386 g/mol. The van der Waals surface area contributed by atoms with Gasteiger partial charge in [-0.15, -0.1) is 12.4 Å². The second-order valence-electron chi connectivity index (χ2n) is 7.39. The van der Waals surface area contributed by atoms with Crippen LogP contribution in [0.4, 0.5) is 4.79 Å². The second kappa shape index (κ2) is 9.25. The van der Waals surface area contributed by atoms with Gasteiger partial charge in [-0.1, -0.05) is 48.5 Å². The molecular weight excluding hydrogens is 360 g/mol. The fraction of sp³-hybridized carbons (Fsp3) is 0.409. The molecule has 0 aromatic heterocycles. The quantitative estimate of drug-likeness (QED) is 0.745. The van der Waals surface area contributed by atoms with Gasteiger partial charge in [0.25, 0.3) is 0 Å². The molecule has 4 rings (SSSR count). The van der Waals surface area contributed by atoms with Crippen molar-refractivity contribution in [1.29, 1.82) is 0 Å². The molecule has 2 aromatic carbocycles. The Hall–Kier alpha value is -2.04. The third-order valence-electron chi connectivity index (χ3n) is 5.55.